The Morgan fingerprint density at radius 1 is 1.00 bits per heavy atom. The minimum atomic E-state index is -0.331. The van der Waals surface area contributed by atoms with Gasteiger partial charge in [-0.3, -0.25) is 4.79 Å². The molecule has 2 fully saturated rings. The zero-order valence-corrected chi connectivity index (χ0v) is 17.0. The summed E-state index contributed by atoms with van der Waals surface area (Å²) in [6.45, 7) is 0.730. The number of thioether (sulfide) groups is 1. The van der Waals surface area contributed by atoms with Crippen molar-refractivity contribution in [3.8, 4) is 0 Å². The fourth-order valence-corrected chi connectivity index (χ4v) is 4.51. The van der Waals surface area contributed by atoms with E-state index in [0.717, 1.165) is 35.9 Å². The number of amides is 1. The Kier molecular flexibility index (Phi) is 5.10. The number of nitrogens with one attached hydrogen (secondary N) is 1. The fourth-order valence-electron chi connectivity index (χ4n) is 3.46. The standard InChI is InChI=1S/C23H24N4OS/c28-22(24-19-13-14-19)20(17-9-5-2-6-10-17)29-23-26-25-21(18-11-12-18)27(23)15-16-7-3-1-4-8-16/h1-10,18-20H,11-15H2,(H,24,28). The first-order chi connectivity index (χ1) is 14.3. The highest BCUT2D eigenvalue weighted by Gasteiger charge is 2.33. The van der Waals surface area contributed by atoms with Gasteiger partial charge in [-0.15, -0.1) is 10.2 Å². The molecule has 0 spiro atoms. The molecule has 1 aromatic heterocycles. The lowest BCUT2D eigenvalue weighted by Gasteiger charge is -2.17. The number of hydrogen-bond donors (Lipinski definition) is 1. The zero-order valence-electron chi connectivity index (χ0n) is 16.2. The van der Waals surface area contributed by atoms with Gasteiger partial charge in [0.1, 0.15) is 11.1 Å². The molecule has 1 N–H and O–H groups in total. The van der Waals surface area contributed by atoms with Crippen molar-refractivity contribution in [3.63, 3.8) is 0 Å². The van der Waals surface area contributed by atoms with Crippen LogP contribution in [0.25, 0.3) is 0 Å². The van der Waals surface area contributed by atoms with Gasteiger partial charge in [0.25, 0.3) is 0 Å². The third kappa shape index (κ3) is 4.37. The topological polar surface area (TPSA) is 59.8 Å². The number of nitrogens with zero attached hydrogens (tertiary/aromatic N) is 3. The van der Waals surface area contributed by atoms with Crippen LogP contribution >= 0.6 is 11.8 Å². The number of aromatic nitrogens is 3. The van der Waals surface area contributed by atoms with Crippen molar-refractivity contribution in [2.24, 2.45) is 0 Å². The summed E-state index contributed by atoms with van der Waals surface area (Å²) in [5.74, 6) is 1.60. The average molecular weight is 405 g/mol. The maximum Gasteiger partial charge on any atom is 0.238 e. The Hall–Kier alpha value is -2.60. The summed E-state index contributed by atoms with van der Waals surface area (Å²) >= 11 is 1.51. The maximum absolute atomic E-state index is 13.0. The van der Waals surface area contributed by atoms with Crippen LogP contribution in [0.4, 0.5) is 0 Å². The van der Waals surface area contributed by atoms with E-state index < -0.39 is 0 Å². The molecule has 0 saturated heterocycles. The Balaban J connectivity index is 1.45. The molecule has 3 aromatic rings. The van der Waals surface area contributed by atoms with Gasteiger partial charge in [0.2, 0.25) is 5.91 Å². The van der Waals surface area contributed by atoms with E-state index in [-0.39, 0.29) is 11.2 Å². The molecule has 6 heteroatoms. The van der Waals surface area contributed by atoms with Gasteiger partial charge in [-0.2, -0.15) is 0 Å². The van der Waals surface area contributed by atoms with E-state index in [2.05, 4.69) is 44.3 Å². The van der Waals surface area contributed by atoms with E-state index in [1.807, 2.05) is 36.4 Å². The van der Waals surface area contributed by atoms with Crippen LogP contribution in [-0.4, -0.2) is 26.7 Å². The summed E-state index contributed by atoms with van der Waals surface area (Å²) in [6.07, 6.45) is 4.49. The highest BCUT2D eigenvalue weighted by atomic mass is 32.2. The first-order valence-corrected chi connectivity index (χ1v) is 11.1. The third-order valence-corrected chi connectivity index (χ3v) is 6.59. The van der Waals surface area contributed by atoms with Crippen LogP contribution in [0.2, 0.25) is 0 Å². The van der Waals surface area contributed by atoms with Gasteiger partial charge in [-0.1, -0.05) is 72.4 Å². The molecule has 1 unspecified atom stereocenters. The summed E-state index contributed by atoms with van der Waals surface area (Å²) < 4.78 is 2.21. The molecule has 0 aliphatic heterocycles. The lowest BCUT2D eigenvalue weighted by atomic mass is 10.1. The summed E-state index contributed by atoms with van der Waals surface area (Å²) in [5.41, 5.74) is 2.22. The predicted molar refractivity (Wildman–Crippen MR) is 114 cm³/mol. The van der Waals surface area contributed by atoms with Crippen LogP contribution in [0.1, 0.15) is 53.8 Å². The van der Waals surface area contributed by atoms with E-state index in [1.165, 1.54) is 30.2 Å². The molecule has 1 atom stereocenters. The van der Waals surface area contributed by atoms with Crippen molar-refractivity contribution in [1.29, 1.82) is 0 Å². The van der Waals surface area contributed by atoms with Gasteiger partial charge in [0, 0.05) is 12.0 Å². The summed E-state index contributed by atoms with van der Waals surface area (Å²) in [4.78, 5) is 13.0. The van der Waals surface area contributed by atoms with Crippen molar-refractivity contribution in [3.05, 3.63) is 77.6 Å². The summed E-state index contributed by atoms with van der Waals surface area (Å²) in [7, 11) is 0. The molecule has 2 aliphatic rings. The molecule has 0 bridgehead atoms. The summed E-state index contributed by atoms with van der Waals surface area (Å²) in [6, 6.07) is 20.7. The lowest BCUT2D eigenvalue weighted by Crippen LogP contribution is -2.30. The monoisotopic (exact) mass is 404 g/mol. The van der Waals surface area contributed by atoms with E-state index in [1.54, 1.807) is 0 Å². The van der Waals surface area contributed by atoms with Crippen LogP contribution in [0.3, 0.4) is 0 Å². The predicted octanol–water partition coefficient (Wildman–Crippen LogP) is 4.32. The molecule has 5 nitrogen and oxygen atoms in total. The van der Waals surface area contributed by atoms with Gasteiger partial charge in [0.05, 0.1) is 6.54 Å². The molecule has 1 amide bonds. The fraction of sp³-hybridized carbons (Fsp3) is 0.348. The van der Waals surface area contributed by atoms with E-state index in [4.69, 9.17) is 0 Å². The van der Waals surface area contributed by atoms with Gasteiger partial charge in [-0.05, 0) is 36.8 Å². The number of benzene rings is 2. The smallest absolute Gasteiger partial charge is 0.238 e. The highest BCUT2D eigenvalue weighted by molar-refractivity contribution is 8.00. The second kappa shape index (κ2) is 8.03. The van der Waals surface area contributed by atoms with E-state index >= 15 is 0 Å². The molecule has 29 heavy (non-hydrogen) atoms. The number of carbonyl (C=O) groups excluding carboxylic acids is 1. The first kappa shape index (κ1) is 18.4. The van der Waals surface area contributed by atoms with Gasteiger partial charge < -0.3 is 9.88 Å². The van der Waals surface area contributed by atoms with Crippen LogP contribution in [0.5, 0.6) is 0 Å². The Labute approximate surface area is 174 Å². The van der Waals surface area contributed by atoms with Gasteiger partial charge in [-0.25, -0.2) is 0 Å². The average Bonchev–Trinajstić information content (AvgIpc) is 3.68. The Morgan fingerprint density at radius 2 is 1.69 bits per heavy atom. The van der Waals surface area contributed by atoms with Crippen molar-refractivity contribution in [2.45, 2.75) is 54.6 Å². The minimum Gasteiger partial charge on any atom is -0.352 e. The largest absolute Gasteiger partial charge is 0.352 e. The number of carbonyl (C=O) groups is 1. The second-order valence-corrected chi connectivity index (χ2v) is 8.95. The van der Waals surface area contributed by atoms with Crippen molar-refractivity contribution < 1.29 is 4.79 Å². The van der Waals surface area contributed by atoms with Crippen molar-refractivity contribution in [1.82, 2.24) is 20.1 Å². The number of hydrogen-bond acceptors (Lipinski definition) is 4. The molecular formula is C23H24N4OS. The second-order valence-electron chi connectivity index (χ2n) is 7.88. The highest BCUT2D eigenvalue weighted by Crippen LogP contribution is 2.42. The SMILES string of the molecule is O=C(NC1CC1)C(Sc1nnc(C2CC2)n1Cc1ccccc1)c1ccccc1. The molecule has 2 aliphatic carbocycles. The zero-order chi connectivity index (χ0) is 19.6. The van der Waals surface area contributed by atoms with Crippen molar-refractivity contribution in [2.75, 3.05) is 0 Å². The molecule has 1 heterocycles. The quantitative estimate of drug-likeness (QED) is 0.568. The third-order valence-electron chi connectivity index (χ3n) is 5.36. The van der Waals surface area contributed by atoms with Crippen LogP contribution in [0, 0.1) is 0 Å². The molecule has 0 radical (unpaired) electrons. The van der Waals surface area contributed by atoms with E-state index in [9.17, 15) is 4.79 Å². The molecule has 2 saturated carbocycles. The molecule has 2 aromatic carbocycles. The molecular weight excluding hydrogens is 380 g/mol. The van der Waals surface area contributed by atoms with Crippen LogP contribution in [0.15, 0.2) is 65.8 Å². The maximum atomic E-state index is 13.0. The normalized spacial score (nSPS) is 17.1. The van der Waals surface area contributed by atoms with Gasteiger partial charge >= 0.3 is 0 Å². The Bertz CT molecular complexity index is 981. The van der Waals surface area contributed by atoms with Crippen LogP contribution < -0.4 is 5.32 Å². The Morgan fingerprint density at radius 3 is 2.34 bits per heavy atom. The van der Waals surface area contributed by atoms with Gasteiger partial charge in [0.15, 0.2) is 5.16 Å². The lowest BCUT2D eigenvalue weighted by molar-refractivity contribution is -0.120. The van der Waals surface area contributed by atoms with E-state index in [0.29, 0.717) is 12.0 Å². The molecule has 148 valence electrons. The summed E-state index contributed by atoms with van der Waals surface area (Å²) in [5, 5.41) is 12.7. The minimum absolute atomic E-state index is 0.0610. The first-order valence-electron chi connectivity index (χ1n) is 10.3. The van der Waals surface area contributed by atoms with Crippen molar-refractivity contribution >= 4 is 17.7 Å². The van der Waals surface area contributed by atoms with Crippen LogP contribution in [-0.2, 0) is 11.3 Å². The number of rotatable bonds is 8. The molecule has 5 rings (SSSR count).